The van der Waals surface area contributed by atoms with E-state index in [9.17, 15) is 18.0 Å². The SMILES string of the molecule is COC(=O)c1sccc1S(=O)(=O)Nc1ccc2c(c1)C(=O)N1CCCCC1CCO2. The lowest BCUT2D eigenvalue weighted by Crippen LogP contribution is -2.45. The number of nitrogens with one attached hydrogen (secondary N) is 1. The number of carbonyl (C=O) groups is 2. The molecule has 4 rings (SSSR count). The molecule has 1 amide bonds. The van der Waals surface area contributed by atoms with Gasteiger partial charge in [0, 0.05) is 24.7 Å². The molecule has 0 aliphatic carbocycles. The number of ether oxygens (including phenoxy) is 2. The lowest BCUT2D eigenvalue weighted by molar-refractivity contribution is 0.0547. The summed E-state index contributed by atoms with van der Waals surface area (Å²) in [4.78, 5) is 26.7. The molecule has 30 heavy (non-hydrogen) atoms. The zero-order chi connectivity index (χ0) is 21.3. The van der Waals surface area contributed by atoms with Crippen LogP contribution in [0, 0.1) is 0 Å². The second kappa shape index (κ2) is 8.27. The molecule has 2 aliphatic heterocycles. The summed E-state index contributed by atoms with van der Waals surface area (Å²) in [6.45, 7) is 1.19. The van der Waals surface area contributed by atoms with Crippen LogP contribution in [0.25, 0.3) is 0 Å². The highest BCUT2D eigenvalue weighted by Gasteiger charge is 2.32. The maximum atomic E-state index is 13.2. The van der Waals surface area contributed by atoms with Gasteiger partial charge >= 0.3 is 5.97 Å². The highest BCUT2D eigenvalue weighted by Crippen LogP contribution is 2.32. The summed E-state index contributed by atoms with van der Waals surface area (Å²) in [5.74, 6) is -0.428. The summed E-state index contributed by atoms with van der Waals surface area (Å²) in [5.41, 5.74) is 0.558. The number of piperidine rings is 1. The molecule has 0 radical (unpaired) electrons. The molecule has 1 atom stereocenters. The zero-order valence-electron chi connectivity index (χ0n) is 16.4. The first kappa shape index (κ1) is 20.7. The van der Waals surface area contributed by atoms with Crippen LogP contribution in [0.15, 0.2) is 34.5 Å². The highest BCUT2D eigenvalue weighted by atomic mass is 32.2. The first-order valence-corrected chi connectivity index (χ1v) is 12.0. The topological polar surface area (TPSA) is 102 Å². The molecule has 1 saturated heterocycles. The van der Waals surface area contributed by atoms with Crippen LogP contribution in [-0.4, -0.2) is 51.5 Å². The third-order valence-corrected chi connectivity index (χ3v) is 7.80. The van der Waals surface area contributed by atoms with Crippen molar-refractivity contribution in [2.75, 3.05) is 25.0 Å². The van der Waals surface area contributed by atoms with Gasteiger partial charge in [-0.1, -0.05) is 0 Å². The first-order valence-electron chi connectivity index (χ1n) is 9.67. The minimum atomic E-state index is -4.05. The number of thiophene rings is 1. The van der Waals surface area contributed by atoms with E-state index in [1.807, 2.05) is 4.90 Å². The van der Waals surface area contributed by atoms with Crippen molar-refractivity contribution in [1.82, 2.24) is 4.90 Å². The third kappa shape index (κ3) is 3.89. The Balaban J connectivity index is 1.65. The number of fused-ring (bicyclic) bond motifs is 2. The fourth-order valence-electron chi connectivity index (χ4n) is 3.87. The molecule has 1 aromatic heterocycles. The molecular weight excluding hydrogens is 428 g/mol. The van der Waals surface area contributed by atoms with Gasteiger partial charge in [0.25, 0.3) is 15.9 Å². The summed E-state index contributed by atoms with van der Waals surface area (Å²) >= 11 is 0.986. The monoisotopic (exact) mass is 450 g/mol. The van der Waals surface area contributed by atoms with Crippen LogP contribution in [0.2, 0.25) is 0 Å². The first-order chi connectivity index (χ1) is 14.4. The number of esters is 1. The van der Waals surface area contributed by atoms with Gasteiger partial charge in [-0.2, -0.15) is 0 Å². The number of nitrogens with zero attached hydrogens (tertiary/aromatic N) is 1. The number of hydrogen-bond donors (Lipinski definition) is 1. The normalized spacial score (nSPS) is 19.0. The summed E-state index contributed by atoms with van der Waals surface area (Å²) in [6, 6.07) is 6.14. The van der Waals surface area contributed by atoms with Gasteiger partial charge in [-0.15, -0.1) is 11.3 Å². The Morgan fingerprint density at radius 3 is 2.90 bits per heavy atom. The smallest absolute Gasteiger partial charge is 0.349 e. The molecular formula is C20H22N2O6S2. The van der Waals surface area contributed by atoms with Gasteiger partial charge in [0.2, 0.25) is 0 Å². The molecule has 160 valence electrons. The predicted molar refractivity (Wildman–Crippen MR) is 112 cm³/mol. The molecule has 0 spiro atoms. The summed E-state index contributed by atoms with van der Waals surface area (Å²) in [5, 5.41) is 1.51. The average molecular weight is 451 g/mol. The summed E-state index contributed by atoms with van der Waals surface area (Å²) in [7, 11) is -2.85. The van der Waals surface area contributed by atoms with Crippen molar-refractivity contribution in [2.45, 2.75) is 36.6 Å². The highest BCUT2D eigenvalue weighted by molar-refractivity contribution is 7.93. The molecule has 1 fully saturated rings. The molecule has 3 heterocycles. The van der Waals surface area contributed by atoms with E-state index in [0.717, 1.165) is 37.0 Å². The van der Waals surface area contributed by atoms with Crippen molar-refractivity contribution in [2.24, 2.45) is 0 Å². The number of amides is 1. The fourth-order valence-corrected chi connectivity index (χ4v) is 6.26. The Morgan fingerprint density at radius 1 is 1.27 bits per heavy atom. The van der Waals surface area contributed by atoms with Crippen molar-refractivity contribution in [1.29, 1.82) is 0 Å². The van der Waals surface area contributed by atoms with E-state index in [2.05, 4.69) is 9.46 Å². The second-order valence-corrected chi connectivity index (χ2v) is 9.77. The largest absolute Gasteiger partial charge is 0.493 e. The molecule has 2 aliphatic rings. The lowest BCUT2D eigenvalue weighted by atomic mass is 9.97. The number of hydrogen-bond acceptors (Lipinski definition) is 7. The average Bonchev–Trinajstić information content (AvgIpc) is 3.24. The standard InChI is InChI=1S/C20H22N2O6S2/c1-27-20(24)18-17(8-11-29-18)30(25,26)21-13-5-6-16-15(12-13)19(23)22-9-3-2-4-14(22)7-10-28-16/h5-6,8,11-12,14,21H,2-4,7,9-10H2,1H3. The number of carbonyl (C=O) groups excluding carboxylic acids is 2. The van der Waals surface area contributed by atoms with Crippen LogP contribution in [0.3, 0.4) is 0 Å². The number of rotatable bonds is 4. The van der Waals surface area contributed by atoms with E-state index in [0.29, 0.717) is 24.5 Å². The van der Waals surface area contributed by atoms with E-state index in [1.165, 1.54) is 24.6 Å². The Kier molecular flexibility index (Phi) is 5.70. The molecule has 10 heteroatoms. The number of methoxy groups -OCH3 is 1. The van der Waals surface area contributed by atoms with Gasteiger partial charge in [-0.05, 0) is 48.9 Å². The summed E-state index contributed by atoms with van der Waals surface area (Å²) < 4.78 is 38.6. The van der Waals surface area contributed by atoms with Gasteiger partial charge in [0.15, 0.2) is 0 Å². The van der Waals surface area contributed by atoms with Crippen LogP contribution in [-0.2, 0) is 14.8 Å². The number of benzene rings is 1. The van der Waals surface area contributed by atoms with Crippen LogP contribution in [0.1, 0.15) is 45.7 Å². The molecule has 1 aromatic carbocycles. The van der Waals surface area contributed by atoms with E-state index in [-0.39, 0.29) is 27.4 Å². The van der Waals surface area contributed by atoms with E-state index in [1.54, 1.807) is 12.1 Å². The molecule has 1 N–H and O–H groups in total. The van der Waals surface area contributed by atoms with Gasteiger partial charge in [-0.3, -0.25) is 9.52 Å². The van der Waals surface area contributed by atoms with Gasteiger partial charge in [0.1, 0.15) is 15.5 Å². The minimum absolute atomic E-state index is 0.00758. The van der Waals surface area contributed by atoms with Crippen molar-refractivity contribution >= 4 is 38.9 Å². The molecule has 8 nitrogen and oxygen atoms in total. The van der Waals surface area contributed by atoms with E-state index < -0.39 is 16.0 Å². The van der Waals surface area contributed by atoms with E-state index in [4.69, 9.17) is 4.74 Å². The van der Waals surface area contributed by atoms with Crippen LogP contribution in [0.5, 0.6) is 5.75 Å². The lowest BCUT2D eigenvalue weighted by Gasteiger charge is -2.37. The van der Waals surface area contributed by atoms with Crippen LogP contribution in [0.4, 0.5) is 5.69 Å². The minimum Gasteiger partial charge on any atom is -0.493 e. The molecule has 0 bridgehead atoms. The maximum absolute atomic E-state index is 13.2. The van der Waals surface area contributed by atoms with Gasteiger partial charge in [0.05, 0.1) is 19.3 Å². The third-order valence-electron chi connectivity index (χ3n) is 5.35. The van der Waals surface area contributed by atoms with Crippen molar-refractivity contribution in [3.8, 4) is 5.75 Å². The Morgan fingerprint density at radius 2 is 2.10 bits per heavy atom. The number of anilines is 1. The molecule has 2 aromatic rings. The predicted octanol–water partition coefficient (Wildman–Crippen LogP) is 3.11. The van der Waals surface area contributed by atoms with Crippen LogP contribution >= 0.6 is 11.3 Å². The van der Waals surface area contributed by atoms with Crippen molar-refractivity contribution in [3.05, 3.63) is 40.1 Å². The quantitative estimate of drug-likeness (QED) is 0.718. The van der Waals surface area contributed by atoms with Gasteiger partial charge < -0.3 is 14.4 Å². The second-order valence-electron chi connectivity index (χ2n) is 7.21. The van der Waals surface area contributed by atoms with Crippen molar-refractivity contribution in [3.63, 3.8) is 0 Å². The van der Waals surface area contributed by atoms with Crippen molar-refractivity contribution < 1.29 is 27.5 Å². The Labute approximate surface area is 178 Å². The summed E-state index contributed by atoms with van der Waals surface area (Å²) in [6.07, 6.45) is 3.78. The molecule has 1 unspecified atom stereocenters. The number of sulfonamides is 1. The Bertz CT molecular complexity index is 1080. The maximum Gasteiger partial charge on any atom is 0.349 e. The Hall–Kier alpha value is -2.59. The fraction of sp³-hybridized carbons (Fsp3) is 0.400. The molecule has 0 saturated carbocycles. The zero-order valence-corrected chi connectivity index (χ0v) is 18.1. The van der Waals surface area contributed by atoms with Gasteiger partial charge in [-0.25, -0.2) is 13.2 Å². The van der Waals surface area contributed by atoms with Crippen LogP contribution < -0.4 is 9.46 Å². The van der Waals surface area contributed by atoms with E-state index >= 15 is 0 Å².